The van der Waals surface area contributed by atoms with Crippen LogP contribution >= 0.6 is 0 Å². The standard InChI is InChI=1S/C22H26N2O/c1-25-19-7-8-22-20(15-19)21(16-23-22)18-10-13-24(14-11-18)12-9-17-5-3-2-4-6-17/h2-8,15-16,18,23H,9-14H2,1H3. The van der Waals surface area contributed by atoms with Crippen molar-refractivity contribution in [1.82, 2.24) is 9.88 Å². The molecule has 2 aromatic carbocycles. The molecule has 4 rings (SSSR count). The number of piperidine rings is 1. The van der Waals surface area contributed by atoms with Gasteiger partial charge in [0.05, 0.1) is 7.11 Å². The van der Waals surface area contributed by atoms with Crippen LogP contribution in [0, 0.1) is 0 Å². The van der Waals surface area contributed by atoms with E-state index in [9.17, 15) is 0 Å². The molecule has 3 aromatic rings. The van der Waals surface area contributed by atoms with E-state index in [1.165, 1.54) is 54.5 Å². The number of likely N-dealkylation sites (tertiary alicyclic amines) is 1. The van der Waals surface area contributed by atoms with Gasteiger partial charge in [0.25, 0.3) is 0 Å². The van der Waals surface area contributed by atoms with E-state index in [4.69, 9.17) is 4.74 Å². The van der Waals surface area contributed by atoms with Crippen molar-refractivity contribution in [2.45, 2.75) is 25.2 Å². The Balaban J connectivity index is 1.38. The smallest absolute Gasteiger partial charge is 0.119 e. The highest BCUT2D eigenvalue weighted by Crippen LogP contribution is 2.34. The van der Waals surface area contributed by atoms with Gasteiger partial charge in [-0.3, -0.25) is 0 Å². The predicted octanol–water partition coefficient (Wildman–Crippen LogP) is 4.60. The lowest BCUT2D eigenvalue weighted by molar-refractivity contribution is 0.215. The first-order valence-electron chi connectivity index (χ1n) is 9.25. The molecule has 0 aliphatic carbocycles. The molecule has 1 N–H and O–H groups in total. The van der Waals surface area contributed by atoms with E-state index in [-0.39, 0.29) is 0 Å². The van der Waals surface area contributed by atoms with Gasteiger partial charge in [0.2, 0.25) is 0 Å². The number of hydrogen-bond acceptors (Lipinski definition) is 2. The second kappa shape index (κ2) is 7.32. The third-order valence-corrected chi connectivity index (χ3v) is 5.51. The van der Waals surface area contributed by atoms with Crippen molar-refractivity contribution in [2.75, 3.05) is 26.7 Å². The minimum absolute atomic E-state index is 0.647. The first-order valence-corrected chi connectivity index (χ1v) is 9.25. The van der Waals surface area contributed by atoms with Crippen LogP contribution in [0.25, 0.3) is 10.9 Å². The second-order valence-electron chi connectivity index (χ2n) is 7.01. The highest BCUT2D eigenvalue weighted by atomic mass is 16.5. The Morgan fingerprint density at radius 2 is 1.88 bits per heavy atom. The number of aromatic nitrogens is 1. The summed E-state index contributed by atoms with van der Waals surface area (Å²) in [5.74, 6) is 1.59. The highest BCUT2D eigenvalue weighted by molar-refractivity contribution is 5.85. The van der Waals surface area contributed by atoms with Crippen molar-refractivity contribution >= 4 is 10.9 Å². The first kappa shape index (κ1) is 16.2. The molecule has 0 radical (unpaired) electrons. The number of H-pyrrole nitrogens is 1. The van der Waals surface area contributed by atoms with Crippen LogP contribution in [0.15, 0.2) is 54.7 Å². The zero-order valence-corrected chi connectivity index (χ0v) is 14.9. The average molecular weight is 334 g/mol. The largest absolute Gasteiger partial charge is 0.497 e. The predicted molar refractivity (Wildman–Crippen MR) is 103 cm³/mol. The van der Waals surface area contributed by atoms with Crippen molar-refractivity contribution in [1.29, 1.82) is 0 Å². The molecule has 1 saturated heterocycles. The molecule has 0 spiro atoms. The molecule has 0 bridgehead atoms. The summed E-state index contributed by atoms with van der Waals surface area (Å²) < 4.78 is 5.40. The van der Waals surface area contributed by atoms with Crippen molar-refractivity contribution < 1.29 is 4.74 Å². The van der Waals surface area contributed by atoms with Gasteiger partial charge < -0.3 is 14.6 Å². The Kier molecular flexibility index (Phi) is 4.75. The molecule has 1 aromatic heterocycles. The Bertz CT molecular complexity index is 816. The van der Waals surface area contributed by atoms with Crippen LogP contribution in [0.3, 0.4) is 0 Å². The lowest BCUT2D eigenvalue weighted by atomic mass is 9.89. The van der Waals surface area contributed by atoms with Crippen molar-refractivity contribution in [3.05, 3.63) is 65.9 Å². The molecule has 3 nitrogen and oxygen atoms in total. The molecule has 1 aliphatic rings. The van der Waals surface area contributed by atoms with Gasteiger partial charge in [-0.2, -0.15) is 0 Å². The molecular formula is C22H26N2O. The maximum absolute atomic E-state index is 5.40. The highest BCUT2D eigenvalue weighted by Gasteiger charge is 2.22. The van der Waals surface area contributed by atoms with Crippen LogP contribution in [0.1, 0.15) is 29.9 Å². The van der Waals surface area contributed by atoms with Crippen LogP contribution in [0.5, 0.6) is 5.75 Å². The van der Waals surface area contributed by atoms with E-state index in [0.29, 0.717) is 5.92 Å². The second-order valence-corrected chi connectivity index (χ2v) is 7.01. The van der Waals surface area contributed by atoms with Gasteiger partial charge in [0, 0.05) is 23.6 Å². The fourth-order valence-corrected chi connectivity index (χ4v) is 3.99. The van der Waals surface area contributed by atoms with Crippen LogP contribution < -0.4 is 4.74 Å². The molecule has 3 heteroatoms. The van der Waals surface area contributed by atoms with Crippen molar-refractivity contribution in [3.8, 4) is 5.75 Å². The van der Waals surface area contributed by atoms with E-state index in [0.717, 1.165) is 12.2 Å². The van der Waals surface area contributed by atoms with E-state index < -0.39 is 0 Å². The first-order chi connectivity index (χ1) is 12.3. The van der Waals surface area contributed by atoms with E-state index in [2.05, 4.69) is 58.5 Å². The van der Waals surface area contributed by atoms with Gasteiger partial charge in [0.15, 0.2) is 0 Å². The Labute approximate surface area is 149 Å². The minimum Gasteiger partial charge on any atom is -0.497 e. The van der Waals surface area contributed by atoms with Gasteiger partial charge in [-0.25, -0.2) is 0 Å². The fourth-order valence-electron chi connectivity index (χ4n) is 3.99. The van der Waals surface area contributed by atoms with Crippen LogP contribution in [0.4, 0.5) is 0 Å². The number of nitrogens with zero attached hydrogens (tertiary/aromatic N) is 1. The zero-order chi connectivity index (χ0) is 17.1. The number of hydrogen-bond donors (Lipinski definition) is 1. The Morgan fingerprint density at radius 3 is 2.64 bits per heavy atom. The van der Waals surface area contributed by atoms with Crippen molar-refractivity contribution in [2.24, 2.45) is 0 Å². The number of aromatic amines is 1. The number of fused-ring (bicyclic) bond motifs is 1. The SMILES string of the molecule is COc1ccc2[nH]cc(C3CCN(CCc4ccccc4)CC3)c2c1. The van der Waals surface area contributed by atoms with Crippen molar-refractivity contribution in [3.63, 3.8) is 0 Å². The summed E-state index contributed by atoms with van der Waals surface area (Å²) in [4.78, 5) is 6.04. The number of nitrogens with one attached hydrogen (secondary N) is 1. The summed E-state index contributed by atoms with van der Waals surface area (Å²) in [5, 5.41) is 1.32. The number of methoxy groups -OCH3 is 1. The van der Waals surface area contributed by atoms with Gasteiger partial charge in [-0.1, -0.05) is 30.3 Å². The average Bonchev–Trinajstić information content (AvgIpc) is 3.10. The summed E-state index contributed by atoms with van der Waals surface area (Å²) >= 11 is 0. The number of benzene rings is 2. The maximum Gasteiger partial charge on any atom is 0.119 e. The summed E-state index contributed by atoms with van der Waals surface area (Å²) in [6.45, 7) is 3.54. The minimum atomic E-state index is 0.647. The molecule has 130 valence electrons. The van der Waals surface area contributed by atoms with E-state index in [1.54, 1.807) is 7.11 Å². The van der Waals surface area contributed by atoms with Gasteiger partial charge in [-0.15, -0.1) is 0 Å². The van der Waals surface area contributed by atoms with E-state index in [1.807, 2.05) is 6.07 Å². The molecule has 25 heavy (non-hydrogen) atoms. The normalized spacial score (nSPS) is 16.4. The summed E-state index contributed by atoms with van der Waals surface area (Å²) in [5.41, 5.74) is 4.10. The third kappa shape index (κ3) is 3.57. The molecule has 0 atom stereocenters. The molecule has 1 fully saturated rings. The summed E-state index contributed by atoms with van der Waals surface area (Å²) in [6.07, 6.45) is 5.82. The Hall–Kier alpha value is -2.26. The molecule has 0 saturated carbocycles. The van der Waals surface area contributed by atoms with Crippen LogP contribution in [0.2, 0.25) is 0 Å². The van der Waals surface area contributed by atoms with E-state index >= 15 is 0 Å². The molecular weight excluding hydrogens is 308 g/mol. The fraction of sp³-hybridized carbons (Fsp3) is 0.364. The quantitative estimate of drug-likeness (QED) is 0.739. The van der Waals surface area contributed by atoms with Gasteiger partial charge in [-0.05, 0) is 67.6 Å². The van der Waals surface area contributed by atoms with Gasteiger partial charge in [0.1, 0.15) is 5.75 Å². The zero-order valence-electron chi connectivity index (χ0n) is 14.9. The lowest BCUT2D eigenvalue weighted by Gasteiger charge is -2.32. The summed E-state index contributed by atoms with van der Waals surface area (Å²) in [7, 11) is 1.73. The Morgan fingerprint density at radius 1 is 1.08 bits per heavy atom. The number of ether oxygens (including phenoxy) is 1. The molecule has 0 amide bonds. The lowest BCUT2D eigenvalue weighted by Crippen LogP contribution is -2.34. The topological polar surface area (TPSA) is 28.3 Å². The molecule has 2 heterocycles. The van der Waals surface area contributed by atoms with Crippen LogP contribution in [-0.4, -0.2) is 36.6 Å². The molecule has 1 aliphatic heterocycles. The van der Waals surface area contributed by atoms with Crippen LogP contribution in [-0.2, 0) is 6.42 Å². The maximum atomic E-state index is 5.40. The monoisotopic (exact) mass is 334 g/mol. The van der Waals surface area contributed by atoms with Gasteiger partial charge >= 0.3 is 0 Å². The molecule has 0 unspecified atom stereocenters. The summed E-state index contributed by atoms with van der Waals surface area (Å²) in [6, 6.07) is 17.1. The number of rotatable bonds is 5. The third-order valence-electron chi connectivity index (χ3n) is 5.51.